The normalized spacial score (nSPS) is 15.1. The van der Waals surface area contributed by atoms with E-state index >= 15 is 0 Å². The van der Waals surface area contributed by atoms with Gasteiger partial charge in [0, 0.05) is 0 Å². The Morgan fingerprint density at radius 2 is 1.53 bits per heavy atom. The standard InChI is InChI=1S/C10H19NO4/c1-5(2)7(10(14)15)11-9(13)8(12)6(3)4/h5-8,12H,1-4H3,(H,11,13)(H,14,15). The van der Waals surface area contributed by atoms with Crippen molar-refractivity contribution in [2.24, 2.45) is 11.8 Å². The van der Waals surface area contributed by atoms with Crippen molar-refractivity contribution in [3.05, 3.63) is 0 Å². The zero-order chi connectivity index (χ0) is 12.2. The van der Waals surface area contributed by atoms with E-state index < -0.39 is 24.0 Å². The number of rotatable bonds is 5. The van der Waals surface area contributed by atoms with Crippen molar-refractivity contribution in [1.29, 1.82) is 0 Å². The van der Waals surface area contributed by atoms with E-state index in [-0.39, 0.29) is 11.8 Å². The Morgan fingerprint density at radius 1 is 1.07 bits per heavy atom. The molecule has 0 heterocycles. The molecule has 0 aliphatic rings. The van der Waals surface area contributed by atoms with Crippen molar-refractivity contribution >= 4 is 11.9 Å². The van der Waals surface area contributed by atoms with Crippen molar-refractivity contribution in [2.45, 2.75) is 39.8 Å². The van der Waals surface area contributed by atoms with E-state index in [1.165, 1.54) is 0 Å². The van der Waals surface area contributed by atoms with Gasteiger partial charge in [0.15, 0.2) is 0 Å². The first-order valence-corrected chi connectivity index (χ1v) is 4.98. The van der Waals surface area contributed by atoms with E-state index in [9.17, 15) is 14.7 Å². The van der Waals surface area contributed by atoms with E-state index in [2.05, 4.69) is 5.32 Å². The predicted molar refractivity (Wildman–Crippen MR) is 55.2 cm³/mol. The fourth-order valence-corrected chi connectivity index (χ4v) is 1.05. The number of amides is 1. The SMILES string of the molecule is CC(C)C(O)C(=O)NC(C(=O)O)C(C)C. The van der Waals surface area contributed by atoms with Gasteiger partial charge in [-0.15, -0.1) is 0 Å². The van der Waals surface area contributed by atoms with Gasteiger partial charge in [-0.2, -0.15) is 0 Å². The highest BCUT2D eigenvalue weighted by molar-refractivity contribution is 5.86. The fourth-order valence-electron chi connectivity index (χ4n) is 1.05. The zero-order valence-electron chi connectivity index (χ0n) is 9.52. The molecule has 15 heavy (non-hydrogen) atoms. The van der Waals surface area contributed by atoms with Gasteiger partial charge in [-0.3, -0.25) is 4.79 Å². The van der Waals surface area contributed by atoms with Crippen LogP contribution in [0.1, 0.15) is 27.7 Å². The molecule has 0 aliphatic heterocycles. The zero-order valence-corrected chi connectivity index (χ0v) is 9.52. The number of aliphatic hydroxyl groups is 1. The minimum absolute atomic E-state index is 0.217. The summed E-state index contributed by atoms with van der Waals surface area (Å²) in [5.41, 5.74) is 0. The maximum atomic E-state index is 11.4. The van der Waals surface area contributed by atoms with E-state index in [0.717, 1.165) is 0 Å². The van der Waals surface area contributed by atoms with E-state index in [4.69, 9.17) is 5.11 Å². The highest BCUT2D eigenvalue weighted by Crippen LogP contribution is 2.05. The third-order valence-corrected chi connectivity index (χ3v) is 2.13. The van der Waals surface area contributed by atoms with Crippen LogP contribution in [0.2, 0.25) is 0 Å². The molecule has 2 atom stereocenters. The monoisotopic (exact) mass is 217 g/mol. The summed E-state index contributed by atoms with van der Waals surface area (Å²) in [5.74, 6) is -2.17. The van der Waals surface area contributed by atoms with Crippen molar-refractivity contribution in [2.75, 3.05) is 0 Å². The second-order valence-electron chi connectivity index (χ2n) is 4.26. The van der Waals surface area contributed by atoms with Gasteiger partial charge < -0.3 is 15.5 Å². The number of hydrogen-bond acceptors (Lipinski definition) is 3. The quantitative estimate of drug-likeness (QED) is 0.615. The molecule has 1 amide bonds. The molecule has 0 bridgehead atoms. The molecule has 0 saturated carbocycles. The Hall–Kier alpha value is -1.10. The molecule has 0 radical (unpaired) electrons. The van der Waals surface area contributed by atoms with Crippen LogP contribution < -0.4 is 5.32 Å². The Morgan fingerprint density at radius 3 is 1.80 bits per heavy atom. The Bertz CT molecular complexity index is 238. The van der Waals surface area contributed by atoms with Crippen LogP contribution in [0.25, 0.3) is 0 Å². The molecule has 0 aromatic heterocycles. The van der Waals surface area contributed by atoms with Crippen LogP contribution in [0.3, 0.4) is 0 Å². The molecule has 88 valence electrons. The Kier molecular flexibility index (Phi) is 5.28. The summed E-state index contributed by atoms with van der Waals surface area (Å²) in [4.78, 5) is 22.2. The van der Waals surface area contributed by atoms with Crippen molar-refractivity contribution < 1.29 is 19.8 Å². The van der Waals surface area contributed by atoms with E-state index in [1.54, 1.807) is 27.7 Å². The molecular weight excluding hydrogens is 198 g/mol. The number of carboxylic acid groups (broad SMARTS) is 1. The van der Waals surface area contributed by atoms with Crippen LogP contribution in [-0.2, 0) is 9.59 Å². The molecule has 5 heteroatoms. The largest absolute Gasteiger partial charge is 0.480 e. The summed E-state index contributed by atoms with van der Waals surface area (Å²) in [6, 6.07) is -0.953. The molecule has 0 spiro atoms. The van der Waals surface area contributed by atoms with Crippen molar-refractivity contribution in [1.82, 2.24) is 5.32 Å². The highest BCUT2D eigenvalue weighted by atomic mass is 16.4. The van der Waals surface area contributed by atoms with Gasteiger partial charge in [0.05, 0.1) is 0 Å². The lowest BCUT2D eigenvalue weighted by Gasteiger charge is -2.21. The van der Waals surface area contributed by atoms with Gasteiger partial charge >= 0.3 is 5.97 Å². The molecular formula is C10H19NO4. The van der Waals surface area contributed by atoms with Gasteiger partial charge in [0.2, 0.25) is 5.91 Å². The lowest BCUT2D eigenvalue weighted by atomic mass is 10.0. The number of carbonyl (C=O) groups excluding carboxylic acids is 1. The third-order valence-electron chi connectivity index (χ3n) is 2.13. The first-order chi connectivity index (χ1) is 6.77. The second-order valence-corrected chi connectivity index (χ2v) is 4.26. The average molecular weight is 217 g/mol. The minimum Gasteiger partial charge on any atom is -0.480 e. The van der Waals surface area contributed by atoms with Gasteiger partial charge in [-0.05, 0) is 11.8 Å². The molecule has 0 saturated heterocycles. The van der Waals surface area contributed by atoms with Gasteiger partial charge in [0.25, 0.3) is 0 Å². The maximum absolute atomic E-state index is 11.4. The minimum atomic E-state index is -1.16. The number of carboxylic acids is 1. The number of nitrogens with one attached hydrogen (secondary N) is 1. The van der Waals surface area contributed by atoms with Crippen LogP contribution in [0.4, 0.5) is 0 Å². The molecule has 0 aliphatic carbocycles. The fraction of sp³-hybridized carbons (Fsp3) is 0.800. The summed E-state index contributed by atoms with van der Waals surface area (Å²) in [7, 11) is 0. The summed E-state index contributed by atoms with van der Waals surface area (Å²) < 4.78 is 0. The van der Waals surface area contributed by atoms with Crippen LogP contribution >= 0.6 is 0 Å². The third kappa shape index (κ3) is 4.29. The second kappa shape index (κ2) is 5.70. The first-order valence-electron chi connectivity index (χ1n) is 4.98. The number of carbonyl (C=O) groups is 2. The average Bonchev–Trinajstić information content (AvgIpc) is 2.11. The van der Waals surface area contributed by atoms with Crippen LogP contribution in [-0.4, -0.2) is 34.2 Å². The van der Waals surface area contributed by atoms with Crippen molar-refractivity contribution in [3.63, 3.8) is 0 Å². The number of hydrogen-bond donors (Lipinski definition) is 3. The lowest BCUT2D eigenvalue weighted by molar-refractivity contribution is -0.145. The van der Waals surface area contributed by atoms with Gasteiger partial charge in [-0.1, -0.05) is 27.7 Å². The molecule has 0 fully saturated rings. The Balaban J connectivity index is 4.43. The summed E-state index contributed by atoms with van der Waals surface area (Å²) >= 11 is 0. The lowest BCUT2D eigenvalue weighted by Crippen LogP contribution is -2.49. The molecule has 0 aromatic rings. The summed E-state index contributed by atoms with van der Waals surface area (Å²) in [6.07, 6.45) is -1.16. The number of aliphatic hydroxyl groups excluding tert-OH is 1. The van der Waals surface area contributed by atoms with Crippen LogP contribution in [0, 0.1) is 11.8 Å². The van der Waals surface area contributed by atoms with Crippen LogP contribution in [0.15, 0.2) is 0 Å². The highest BCUT2D eigenvalue weighted by Gasteiger charge is 2.27. The smallest absolute Gasteiger partial charge is 0.326 e. The topological polar surface area (TPSA) is 86.6 Å². The predicted octanol–water partition coefficient (Wildman–Crippen LogP) is 0.229. The Labute approximate surface area is 89.5 Å². The van der Waals surface area contributed by atoms with Crippen molar-refractivity contribution in [3.8, 4) is 0 Å². The van der Waals surface area contributed by atoms with Gasteiger partial charge in [0.1, 0.15) is 12.1 Å². The molecule has 0 rings (SSSR count). The molecule has 3 N–H and O–H groups in total. The molecule has 5 nitrogen and oxygen atoms in total. The summed E-state index contributed by atoms with van der Waals surface area (Å²) in [5, 5.41) is 20.5. The van der Waals surface area contributed by atoms with Crippen LogP contribution in [0.5, 0.6) is 0 Å². The summed E-state index contributed by atoms with van der Waals surface area (Å²) in [6.45, 7) is 6.77. The number of aliphatic carboxylic acids is 1. The molecule has 2 unspecified atom stereocenters. The van der Waals surface area contributed by atoms with Gasteiger partial charge in [-0.25, -0.2) is 4.79 Å². The maximum Gasteiger partial charge on any atom is 0.326 e. The first kappa shape index (κ1) is 13.9. The van der Waals surface area contributed by atoms with E-state index in [0.29, 0.717) is 0 Å². The molecule has 0 aromatic carbocycles. The van der Waals surface area contributed by atoms with E-state index in [1.807, 2.05) is 0 Å².